The number of aliphatic carboxylic acids is 1. The number of rotatable bonds is 7. The van der Waals surface area contributed by atoms with Gasteiger partial charge in [0.25, 0.3) is 0 Å². The lowest BCUT2D eigenvalue weighted by Gasteiger charge is -2.17. The molecule has 2 aromatic carbocycles. The number of benzene rings is 2. The number of carboxylic acid groups (broad SMARTS) is 1. The van der Waals surface area contributed by atoms with E-state index in [0.29, 0.717) is 27.8 Å². The van der Waals surface area contributed by atoms with Crippen LogP contribution in [0, 0.1) is 0 Å². The fraction of sp³-hybridized carbons (Fsp3) is 0.235. The lowest BCUT2D eigenvalue weighted by molar-refractivity contribution is -0.145. The third kappa shape index (κ3) is 4.53. The summed E-state index contributed by atoms with van der Waals surface area (Å²) in [6.45, 7) is 0. The maximum Gasteiger partial charge on any atom is 0.345 e. The van der Waals surface area contributed by atoms with Gasteiger partial charge in [-0.15, -0.1) is 0 Å². The van der Waals surface area contributed by atoms with Gasteiger partial charge in [0.15, 0.2) is 6.10 Å². The Morgan fingerprint density at radius 3 is 2.52 bits per heavy atom. The number of hydrogen-bond donors (Lipinski definition) is 1. The Bertz CT molecular complexity index is 686. The zero-order chi connectivity index (χ0) is 16.8. The van der Waals surface area contributed by atoms with E-state index in [4.69, 9.17) is 25.8 Å². The van der Waals surface area contributed by atoms with Crippen molar-refractivity contribution in [2.24, 2.45) is 0 Å². The summed E-state index contributed by atoms with van der Waals surface area (Å²) in [5.74, 6) is 0.495. The molecule has 0 bridgehead atoms. The second-order valence-corrected chi connectivity index (χ2v) is 5.22. The van der Waals surface area contributed by atoms with E-state index < -0.39 is 12.1 Å². The van der Waals surface area contributed by atoms with Crippen LogP contribution in [0.2, 0.25) is 5.02 Å². The first kappa shape index (κ1) is 17.0. The summed E-state index contributed by atoms with van der Waals surface area (Å²) >= 11 is 5.98. The molecule has 1 atom stereocenters. The normalized spacial score (nSPS) is 11.6. The van der Waals surface area contributed by atoms with Crippen LogP contribution < -0.4 is 14.2 Å². The van der Waals surface area contributed by atoms with E-state index in [-0.39, 0.29) is 6.42 Å². The maximum atomic E-state index is 11.5. The van der Waals surface area contributed by atoms with Gasteiger partial charge in [0.1, 0.15) is 17.2 Å². The molecule has 6 heteroatoms. The maximum absolute atomic E-state index is 11.5. The number of carbonyl (C=O) groups is 1. The lowest BCUT2D eigenvalue weighted by atomic mass is 10.1. The van der Waals surface area contributed by atoms with Gasteiger partial charge in [0, 0.05) is 17.5 Å². The van der Waals surface area contributed by atoms with Crippen molar-refractivity contribution in [1.29, 1.82) is 0 Å². The van der Waals surface area contributed by atoms with E-state index in [9.17, 15) is 9.90 Å². The van der Waals surface area contributed by atoms with Crippen molar-refractivity contribution in [3.63, 3.8) is 0 Å². The third-order valence-corrected chi connectivity index (χ3v) is 3.48. The molecule has 0 unspecified atom stereocenters. The minimum absolute atomic E-state index is 0.121. The largest absolute Gasteiger partial charge is 0.497 e. The highest BCUT2D eigenvalue weighted by Crippen LogP contribution is 2.26. The standard InChI is InChI=1S/C17H17ClO5/c1-21-13-4-3-5-14(10-13)23-16(17(19)20)9-11-8-12(18)6-7-15(11)22-2/h3-8,10,16H,9H2,1-2H3,(H,19,20)/t16-/m0/s1. The molecule has 0 saturated carbocycles. The number of ether oxygens (including phenoxy) is 3. The lowest BCUT2D eigenvalue weighted by Crippen LogP contribution is -2.29. The molecule has 0 aliphatic rings. The highest BCUT2D eigenvalue weighted by Gasteiger charge is 2.22. The first-order chi connectivity index (χ1) is 11.0. The highest BCUT2D eigenvalue weighted by molar-refractivity contribution is 6.30. The monoisotopic (exact) mass is 336 g/mol. The molecular weight excluding hydrogens is 320 g/mol. The number of carboxylic acids is 1. The number of halogens is 1. The van der Waals surface area contributed by atoms with Crippen molar-refractivity contribution in [2.75, 3.05) is 14.2 Å². The average molecular weight is 337 g/mol. The van der Waals surface area contributed by atoms with Gasteiger partial charge in [-0.05, 0) is 35.9 Å². The van der Waals surface area contributed by atoms with Gasteiger partial charge >= 0.3 is 5.97 Å². The molecule has 0 amide bonds. The molecule has 0 saturated heterocycles. The highest BCUT2D eigenvalue weighted by atomic mass is 35.5. The van der Waals surface area contributed by atoms with Crippen molar-refractivity contribution in [3.05, 3.63) is 53.1 Å². The number of methoxy groups -OCH3 is 2. The van der Waals surface area contributed by atoms with Gasteiger partial charge in [-0.1, -0.05) is 17.7 Å². The topological polar surface area (TPSA) is 65.0 Å². The van der Waals surface area contributed by atoms with Crippen LogP contribution in [0.4, 0.5) is 0 Å². The predicted molar refractivity (Wildman–Crippen MR) is 86.8 cm³/mol. The number of hydrogen-bond acceptors (Lipinski definition) is 4. The van der Waals surface area contributed by atoms with Gasteiger partial charge in [-0.2, -0.15) is 0 Å². The summed E-state index contributed by atoms with van der Waals surface area (Å²) in [5.41, 5.74) is 0.662. The molecule has 0 aromatic heterocycles. The van der Waals surface area contributed by atoms with Gasteiger partial charge in [0.2, 0.25) is 0 Å². The second-order valence-electron chi connectivity index (χ2n) is 4.78. The van der Waals surface area contributed by atoms with Gasteiger partial charge < -0.3 is 19.3 Å². The van der Waals surface area contributed by atoms with Crippen molar-refractivity contribution < 1.29 is 24.1 Å². The summed E-state index contributed by atoms with van der Waals surface area (Å²) in [6.07, 6.45) is -0.953. The zero-order valence-electron chi connectivity index (χ0n) is 12.8. The van der Waals surface area contributed by atoms with Crippen LogP contribution in [0.25, 0.3) is 0 Å². The third-order valence-electron chi connectivity index (χ3n) is 3.24. The Morgan fingerprint density at radius 2 is 1.87 bits per heavy atom. The van der Waals surface area contributed by atoms with E-state index in [1.807, 2.05) is 0 Å². The minimum Gasteiger partial charge on any atom is -0.497 e. The molecule has 1 N–H and O–H groups in total. The van der Waals surface area contributed by atoms with Crippen LogP contribution in [0.5, 0.6) is 17.2 Å². The molecule has 0 aliphatic carbocycles. The minimum atomic E-state index is -1.07. The molecule has 0 aliphatic heterocycles. The van der Waals surface area contributed by atoms with Crippen LogP contribution >= 0.6 is 11.6 Å². The Kier molecular flexibility index (Phi) is 5.71. The van der Waals surface area contributed by atoms with Crippen molar-refractivity contribution in [2.45, 2.75) is 12.5 Å². The summed E-state index contributed by atoms with van der Waals surface area (Å²) in [7, 11) is 3.05. The van der Waals surface area contributed by atoms with E-state index in [2.05, 4.69) is 0 Å². The molecule has 23 heavy (non-hydrogen) atoms. The van der Waals surface area contributed by atoms with Crippen molar-refractivity contribution >= 4 is 17.6 Å². The molecule has 0 heterocycles. The SMILES string of the molecule is COc1cccc(O[C@@H](Cc2cc(Cl)ccc2OC)C(=O)O)c1. The molecule has 0 spiro atoms. The first-order valence-corrected chi connectivity index (χ1v) is 7.27. The Hall–Kier alpha value is -2.40. The van der Waals surface area contributed by atoms with Gasteiger partial charge in [0.05, 0.1) is 14.2 Å². The van der Waals surface area contributed by atoms with Crippen LogP contribution in [-0.2, 0) is 11.2 Å². The van der Waals surface area contributed by atoms with Crippen LogP contribution in [0.3, 0.4) is 0 Å². The van der Waals surface area contributed by atoms with Gasteiger partial charge in [-0.25, -0.2) is 4.79 Å². The Morgan fingerprint density at radius 1 is 1.13 bits per heavy atom. The molecular formula is C17H17ClO5. The van der Waals surface area contributed by atoms with Gasteiger partial charge in [-0.3, -0.25) is 0 Å². The fourth-order valence-electron chi connectivity index (χ4n) is 2.12. The summed E-state index contributed by atoms with van der Waals surface area (Å²) in [5, 5.41) is 9.93. The summed E-state index contributed by atoms with van der Waals surface area (Å²) < 4.78 is 15.9. The average Bonchev–Trinajstić information content (AvgIpc) is 2.54. The molecule has 2 aromatic rings. The van der Waals surface area contributed by atoms with Crippen LogP contribution in [-0.4, -0.2) is 31.4 Å². The Balaban J connectivity index is 2.22. The van der Waals surface area contributed by atoms with E-state index in [0.717, 1.165) is 0 Å². The van der Waals surface area contributed by atoms with Crippen LogP contribution in [0.15, 0.2) is 42.5 Å². The summed E-state index contributed by atoms with van der Waals surface area (Å²) in [6, 6.07) is 11.8. The smallest absolute Gasteiger partial charge is 0.345 e. The van der Waals surface area contributed by atoms with E-state index in [1.165, 1.54) is 14.2 Å². The Labute approximate surface area is 139 Å². The summed E-state index contributed by atoms with van der Waals surface area (Å²) in [4.78, 5) is 11.5. The molecule has 122 valence electrons. The van der Waals surface area contributed by atoms with Crippen molar-refractivity contribution in [3.8, 4) is 17.2 Å². The molecule has 2 rings (SSSR count). The van der Waals surface area contributed by atoms with E-state index in [1.54, 1.807) is 42.5 Å². The zero-order valence-corrected chi connectivity index (χ0v) is 13.5. The molecule has 0 radical (unpaired) electrons. The molecule has 0 fully saturated rings. The predicted octanol–water partition coefficient (Wildman–Crippen LogP) is 3.43. The quantitative estimate of drug-likeness (QED) is 0.839. The van der Waals surface area contributed by atoms with Crippen LogP contribution in [0.1, 0.15) is 5.56 Å². The fourth-order valence-corrected chi connectivity index (χ4v) is 2.32. The second kappa shape index (κ2) is 7.74. The first-order valence-electron chi connectivity index (χ1n) is 6.89. The molecule has 5 nitrogen and oxygen atoms in total. The van der Waals surface area contributed by atoms with E-state index >= 15 is 0 Å². The van der Waals surface area contributed by atoms with Crippen molar-refractivity contribution in [1.82, 2.24) is 0 Å².